The predicted molar refractivity (Wildman–Crippen MR) is 117 cm³/mol. The second kappa shape index (κ2) is 9.20. The van der Waals surface area contributed by atoms with E-state index in [2.05, 4.69) is 10.6 Å². The second-order valence-electron chi connectivity index (χ2n) is 8.04. The van der Waals surface area contributed by atoms with Crippen LogP contribution in [0.1, 0.15) is 58.9 Å². The second-order valence-corrected chi connectivity index (χ2v) is 8.04. The number of anilines is 1. The van der Waals surface area contributed by atoms with Crippen molar-refractivity contribution in [3.8, 4) is 0 Å². The topological polar surface area (TPSA) is 87.7 Å². The molecular formula is C24H27N3O4. The van der Waals surface area contributed by atoms with Crippen molar-refractivity contribution in [2.45, 2.75) is 51.2 Å². The van der Waals surface area contributed by atoms with Crippen LogP contribution in [0.4, 0.5) is 10.5 Å². The van der Waals surface area contributed by atoms with Crippen LogP contribution >= 0.6 is 0 Å². The van der Waals surface area contributed by atoms with Crippen LogP contribution in [0.3, 0.4) is 0 Å². The van der Waals surface area contributed by atoms with Crippen molar-refractivity contribution >= 4 is 23.6 Å². The molecule has 3 amide bonds. The quantitative estimate of drug-likeness (QED) is 0.676. The molecule has 0 bridgehead atoms. The molecule has 0 atom stereocenters. The SMILES string of the molecule is CCOC(=O)Nc1cccc(C(=O)N(Cc2ccc(C(=O)NC3CC3)cc2)C2CC2)c1. The third-order valence-electron chi connectivity index (χ3n) is 5.36. The molecule has 0 aromatic heterocycles. The average molecular weight is 421 g/mol. The fraction of sp³-hybridized carbons (Fsp3) is 0.375. The van der Waals surface area contributed by atoms with Gasteiger partial charge in [-0.15, -0.1) is 0 Å². The maximum atomic E-state index is 13.2. The summed E-state index contributed by atoms with van der Waals surface area (Å²) in [6, 6.07) is 14.9. The molecule has 2 saturated carbocycles. The van der Waals surface area contributed by atoms with E-state index in [1.165, 1.54) is 0 Å². The van der Waals surface area contributed by atoms with Crippen LogP contribution in [0.15, 0.2) is 48.5 Å². The summed E-state index contributed by atoms with van der Waals surface area (Å²) in [5, 5.41) is 5.62. The maximum absolute atomic E-state index is 13.2. The Balaban J connectivity index is 1.43. The Morgan fingerprint density at radius 3 is 2.39 bits per heavy atom. The molecule has 7 nitrogen and oxygen atoms in total. The largest absolute Gasteiger partial charge is 0.450 e. The summed E-state index contributed by atoms with van der Waals surface area (Å²) >= 11 is 0. The molecule has 2 aromatic carbocycles. The first-order valence-corrected chi connectivity index (χ1v) is 10.8. The molecule has 2 N–H and O–H groups in total. The first kappa shape index (κ1) is 20.9. The van der Waals surface area contributed by atoms with Gasteiger partial charge in [-0.1, -0.05) is 18.2 Å². The van der Waals surface area contributed by atoms with Crippen LogP contribution < -0.4 is 10.6 Å². The van der Waals surface area contributed by atoms with Gasteiger partial charge in [0.15, 0.2) is 0 Å². The lowest BCUT2D eigenvalue weighted by molar-refractivity contribution is 0.0729. The van der Waals surface area contributed by atoms with E-state index in [0.717, 1.165) is 31.2 Å². The van der Waals surface area contributed by atoms with Gasteiger partial charge in [-0.25, -0.2) is 4.79 Å². The molecule has 162 valence electrons. The number of carbonyl (C=O) groups is 3. The highest BCUT2D eigenvalue weighted by atomic mass is 16.5. The zero-order valence-electron chi connectivity index (χ0n) is 17.6. The summed E-state index contributed by atoms with van der Waals surface area (Å²) in [5.41, 5.74) is 2.65. The number of hydrogen-bond acceptors (Lipinski definition) is 4. The van der Waals surface area contributed by atoms with Crippen molar-refractivity contribution in [2.75, 3.05) is 11.9 Å². The lowest BCUT2D eigenvalue weighted by Gasteiger charge is -2.23. The first-order valence-electron chi connectivity index (χ1n) is 10.8. The predicted octanol–water partition coefficient (Wildman–Crippen LogP) is 3.95. The molecule has 0 heterocycles. The number of nitrogens with one attached hydrogen (secondary N) is 2. The Hall–Kier alpha value is -3.35. The highest BCUT2D eigenvalue weighted by molar-refractivity contribution is 5.97. The molecule has 2 aliphatic carbocycles. The van der Waals surface area contributed by atoms with Gasteiger partial charge in [-0.05, 0) is 68.5 Å². The third kappa shape index (κ3) is 5.63. The normalized spacial score (nSPS) is 15.1. The van der Waals surface area contributed by atoms with Crippen LogP contribution in [-0.4, -0.2) is 41.5 Å². The van der Waals surface area contributed by atoms with E-state index >= 15 is 0 Å². The Kier molecular flexibility index (Phi) is 6.21. The molecule has 0 spiro atoms. The summed E-state index contributed by atoms with van der Waals surface area (Å²) in [6.45, 7) is 2.49. The van der Waals surface area contributed by atoms with Crippen LogP contribution in [0.5, 0.6) is 0 Å². The van der Waals surface area contributed by atoms with E-state index in [1.807, 2.05) is 29.2 Å². The molecule has 31 heavy (non-hydrogen) atoms. The summed E-state index contributed by atoms with van der Waals surface area (Å²) < 4.78 is 4.90. The molecule has 4 rings (SSSR count). The number of carbonyl (C=O) groups excluding carboxylic acids is 3. The van der Waals surface area contributed by atoms with Crippen molar-refractivity contribution in [1.82, 2.24) is 10.2 Å². The maximum Gasteiger partial charge on any atom is 0.411 e. The number of ether oxygens (including phenoxy) is 1. The monoisotopic (exact) mass is 421 g/mol. The van der Waals surface area contributed by atoms with E-state index in [9.17, 15) is 14.4 Å². The minimum atomic E-state index is -0.544. The molecule has 2 fully saturated rings. The summed E-state index contributed by atoms with van der Waals surface area (Å²) in [5.74, 6) is -0.124. The van der Waals surface area contributed by atoms with Gasteiger partial charge in [-0.2, -0.15) is 0 Å². The molecule has 2 aliphatic rings. The van der Waals surface area contributed by atoms with Gasteiger partial charge in [0.05, 0.1) is 6.61 Å². The Labute approximate surface area is 181 Å². The number of rotatable bonds is 8. The number of nitrogens with zero attached hydrogens (tertiary/aromatic N) is 1. The van der Waals surface area contributed by atoms with Crippen molar-refractivity contribution in [2.24, 2.45) is 0 Å². The van der Waals surface area contributed by atoms with Crippen molar-refractivity contribution in [3.63, 3.8) is 0 Å². The van der Waals surface area contributed by atoms with Gasteiger partial charge in [-0.3, -0.25) is 14.9 Å². The molecule has 0 aliphatic heterocycles. The van der Waals surface area contributed by atoms with Gasteiger partial charge >= 0.3 is 6.09 Å². The van der Waals surface area contributed by atoms with E-state index < -0.39 is 6.09 Å². The van der Waals surface area contributed by atoms with Crippen molar-refractivity contribution < 1.29 is 19.1 Å². The lowest BCUT2D eigenvalue weighted by atomic mass is 10.1. The molecular weight excluding hydrogens is 394 g/mol. The van der Waals surface area contributed by atoms with Crippen LogP contribution in [0.25, 0.3) is 0 Å². The van der Waals surface area contributed by atoms with E-state index in [4.69, 9.17) is 4.74 Å². The third-order valence-corrected chi connectivity index (χ3v) is 5.36. The van der Waals surface area contributed by atoms with Gasteiger partial charge in [0.2, 0.25) is 0 Å². The fourth-order valence-electron chi connectivity index (χ4n) is 3.39. The number of hydrogen-bond donors (Lipinski definition) is 2. The smallest absolute Gasteiger partial charge is 0.411 e. The molecule has 7 heteroatoms. The van der Waals surface area contributed by atoms with Gasteiger partial charge in [0.25, 0.3) is 11.8 Å². The highest BCUT2D eigenvalue weighted by Gasteiger charge is 2.33. The highest BCUT2D eigenvalue weighted by Crippen LogP contribution is 2.30. The minimum absolute atomic E-state index is 0.0462. The van der Waals surface area contributed by atoms with Crippen LogP contribution in [0, 0.1) is 0 Å². The van der Waals surface area contributed by atoms with E-state index in [1.54, 1.807) is 31.2 Å². The summed E-state index contributed by atoms with van der Waals surface area (Å²) in [7, 11) is 0. The fourth-order valence-corrected chi connectivity index (χ4v) is 3.39. The molecule has 0 saturated heterocycles. The zero-order valence-corrected chi connectivity index (χ0v) is 17.6. The van der Waals surface area contributed by atoms with E-state index in [-0.39, 0.29) is 24.5 Å². The van der Waals surface area contributed by atoms with Crippen LogP contribution in [0.2, 0.25) is 0 Å². The molecule has 2 aromatic rings. The number of amides is 3. The van der Waals surface area contributed by atoms with Gasteiger partial charge in [0, 0.05) is 35.4 Å². The minimum Gasteiger partial charge on any atom is -0.450 e. The molecule has 0 unspecified atom stereocenters. The standard InChI is InChI=1S/C24H27N3O4/c1-2-31-24(30)26-20-5-3-4-18(14-20)23(29)27(21-12-13-21)15-16-6-8-17(9-7-16)22(28)25-19-10-11-19/h3-9,14,19,21H,2,10-13,15H2,1H3,(H,25,28)(H,26,30). The van der Waals surface area contributed by atoms with Crippen LogP contribution in [-0.2, 0) is 11.3 Å². The Bertz CT molecular complexity index is 965. The Morgan fingerprint density at radius 1 is 1.00 bits per heavy atom. The number of benzene rings is 2. The first-order chi connectivity index (χ1) is 15.0. The van der Waals surface area contributed by atoms with E-state index in [0.29, 0.717) is 29.4 Å². The summed E-state index contributed by atoms with van der Waals surface area (Å²) in [4.78, 5) is 38.9. The molecule has 0 radical (unpaired) electrons. The zero-order chi connectivity index (χ0) is 21.8. The van der Waals surface area contributed by atoms with Crippen molar-refractivity contribution in [3.05, 3.63) is 65.2 Å². The van der Waals surface area contributed by atoms with Gasteiger partial charge in [0.1, 0.15) is 0 Å². The van der Waals surface area contributed by atoms with Crippen molar-refractivity contribution in [1.29, 1.82) is 0 Å². The summed E-state index contributed by atoms with van der Waals surface area (Å²) in [6.07, 6.45) is 3.53. The van der Waals surface area contributed by atoms with Gasteiger partial charge < -0.3 is 15.0 Å². The Morgan fingerprint density at radius 2 is 1.74 bits per heavy atom. The average Bonchev–Trinajstić information content (AvgIpc) is 3.67. The lowest BCUT2D eigenvalue weighted by Crippen LogP contribution is -2.32.